The summed E-state index contributed by atoms with van der Waals surface area (Å²) in [7, 11) is 3.49. The molecule has 0 rings (SSSR count). The topological polar surface area (TPSA) is 79.9 Å². The molecule has 0 aromatic carbocycles. The first-order valence-electron chi connectivity index (χ1n) is 3.46. The molecule has 1 unspecified atom stereocenters. The Kier molecular flexibility index (Phi) is 7.24. The van der Waals surface area contributed by atoms with E-state index in [0.717, 1.165) is 6.42 Å². The molecule has 0 radical (unpaired) electrons. The second kappa shape index (κ2) is 6.12. The molecule has 0 saturated heterocycles. The summed E-state index contributed by atoms with van der Waals surface area (Å²) in [5.41, 5.74) is 0. The number of carbonyl (C=O) groups is 1. The third-order valence-electron chi connectivity index (χ3n) is 1.46. The molecule has 0 aromatic rings. The Hall–Kier alpha value is -0.610. The molecule has 0 amide bonds. The van der Waals surface area contributed by atoms with Crippen LogP contribution in [0.15, 0.2) is 0 Å². The van der Waals surface area contributed by atoms with Crippen molar-refractivity contribution in [3.8, 4) is 0 Å². The van der Waals surface area contributed by atoms with E-state index < -0.39 is 12.0 Å². The van der Waals surface area contributed by atoms with Crippen LogP contribution in [-0.2, 0) is 4.79 Å². The summed E-state index contributed by atoms with van der Waals surface area (Å²) in [5, 5.41) is 10.4. The zero-order chi connectivity index (χ0) is 8.15. The van der Waals surface area contributed by atoms with Crippen LogP contribution in [0.3, 0.4) is 0 Å². The van der Waals surface area contributed by atoms with Crippen LogP contribution in [0.1, 0.15) is 19.8 Å². The van der Waals surface area contributed by atoms with Gasteiger partial charge in [0.25, 0.3) is 0 Å². The largest absolute Gasteiger partial charge is 0.548 e. The molecule has 68 valence electrons. The molecule has 0 spiro atoms. The number of hydrogen-bond acceptors (Lipinski definition) is 3. The molecule has 4 N–H and O–H groups in total. The molecule has 0 aliphatic rings. The van der Waals surface area contributed by atoms with Crippen molar-refractivity contribution in [2.24, 2.45) is 0 Å². The highest BCUT2D eigenvalue weighted by molar-refractivity contribution is 5.70. The van der Waals surface area contributed by atoms with Crippen LogP contribution in [0.4, 0.5) is 0 Å². The standard InChI is InChI=1S/C7H15NO2.H3N/c1-4-5-6(7(9)10)8(2)3;/h6H,4-5H2,1-3H3,(H,9,10);1H3. The molecule has 0 bridgehead atoms. The van der Waals surface area contributed by atoms with Gasteiger partial charge < -0.3 is 21.0 Å². The fourth-order valence-corrected chi connectivity index (χ4v) is 0.860. The summed E-state index contributed by atoms with van der Waals surface area (Å²) in [4.78, 5) is 12.0. The summed E-state index contributed by atoms with van der Waals surface area (Å²) >= 11 is 0. The molecular formula is C7H18N2O2. The third kappa shape index (κ3) is 4.75. The molecule has 0 saturated carbocycles. The van der Waals surface area contributed by atoms with E-state index in [2.05, 4.69) is 0 Å². The number of carbonyl (C=O) groups excluding carboxylic acids is 1. The summed E-state index contributed by atoms with van der Waals surface area (Å²) in [6, 6.07) is -0.426. The van der Waals surface area contributed by atoms with Gasteiger partial charge in [-0.3, -0.25) is 0 Å². The van der Waals surface area contributed by atoms with E-state index in [9.17, 15) is 9.90 Å². The Morgan fingerprint density at radius 1 is 1.55 bits per heavy atom. The van der Waals surface area contributed by atoms with Gasteiger partial charge in [0.1, 0.15) is 0 Å². The van der Waals surface area contributed by atoms with E-state index in [-0.39, 0.29) is 6.15 Å². The quantitative estimate of drug-likeness (QED) is 0.624. The molecule has 0 aromatic heterocycles. The van der Waals surface area contributed by atoms with Crippen LogP contribution in [0.25, 0.3) is 0 Å². The van der Waals surface area contributed by atoms with Gasteiger partial charge >= 0.3 is 0 Å². The van der Waals surface area contributed by atoms with Crippen molar-refractivity contribution in [3.63, 3.8) is 0 Å². The van der Waals surface area contributed by atoms with Gasteiger partial charge in [-0.05, 0) is 20.5 Å². The van der Waals surface area contributed by atoms with Gasteiger partial charge in [0.15, 0.2) is 0 Å². The second-order valence-electron chi connectivity index (χ2n) is 2.59. The number of carboxylic acid groups (broad SMARTS) is 1. The third-order valence-corrected chi connectivity index (χ3v) is 1.46. The number of nitrogens with zero attached hydrogens (tertiary/aromatic N) is 1. The first kappa shape index (κ1) is 13.0. The fraction of sp³-hybridized carbons (Fsp3) is 0.857. The average Bonchev–Trinajstić information content (AvgIpc) is 1.81. The summed E-state index contributed by atoms with van der Waals surface area (Å²) in [6.45, 7) is 1.96. The van der Waals surface area contributed by atoms with Crippen molar-refractivity contribution in [1.29, 1.82) is 0 Å². The number of rotatable bonds is 4. The van der Waals surface area contributed by atoms with Gasteiger partial charge in [0.2, 0.25) is 0 Å². The van der Waals surface area contributed by atoms with E-state index >= 15 is 0 Å². The first-order valence-corrected chi connectivity index (χ1v) is 3.46. The number of carboxylic acids is 1. The van der Waals surface area contributed by atoms with E-state index in [4.69, 9.17) is 0 Å². The lowest BCUT2D eigenvalue weighted by Crippen LogP contribution is -2.44. The Morgan fingerprint density at radius 2 is 2.00 bits per heavy atom. The second-order valence-corrected chi connectivity index (χ2v) is 2.59. The molecule has 1 atom stereocenters. The van der Waals surface area contributed by atoms with E-state index in [0.29, 0.717) is 6.42 Å². The molecular weight excluding hydrogens is 144 g/mol. The van der Waals surface area contributed by atoms with E-state index in [1.165, 1.54) is 0 Å². The van der Waals surface area contributed by atoms with Crippen molar-refractivity contribution in [2.75, 3.05) is 14.1 Å². The zero-order valence-corrected chi connectivity index (χ0v) is 7.76. The lowest BCUT2D eigenvalue weighted by molar-refractivity contribution is -0.311. The predicted octanol–water partition coefficient (Wildman–Crippen LogP) is -0.157. The molecule has 0 aliphatic carbocycles. The summed E-state index contributed by atoms with van der Waals surface area (Å²) in [6.07, 6.45) is 1.53. The minimum Gasteiger partial charge on any atom is -0.548 e. The number of aliphatic carboxylic acids is 1. The maximum absolute atomic E-state index is 10.4. The minimum atomic E-state index is -0.980. The van der Waals surface area contributed by atoms with Crippen molar-refractivity contribution in [1.82, 2.24) is 11.1 Å². The van der Waals surface area contributed by atoms with Crippen molar-refractivity contribution in [2.45, 2.75) is 25.8 Å². The number of likely N-dealkylation sites (N-methyl/N-ethyl adjacent to an activating group) is 1. The average molecular weight is 162 g/mol. The van der Waals surface area contributed by atoms with Crippen LogP contribution in [0, 0.1) is 0 Å². The number of hydrogen-bond donors (Lipinski definition) is 1. The highest BCUT2D eigenvalue weighted by atomic mass is 16.4. The van der Waals surface area contributed by atoms with Crippen LogP contribution >= 0.6 is 0 Å². The minimum absolute atomic E-state index is 0. The van der Waals surface area contributed by atoms with E-state index in [1.54, 1.807) is 19.0 Å². The highest BCUT2D eigenvalue weighted by Crippen LogP contribution is 2.00. The van der Waals surface area contributed by atoms with Crippen LogP contribution in [-0.4, -0.2) is 31.0 Å². The maximum atomic E-state index is 10.4. The Labute approximate surface area is 67.8 Å². The molecule has 0 aliphatic heterocycles. The lowest BCUT2D eigenvalue weighted by atomic mass is 10.1. The van der Waals surface area contributed by atoms with Gasteiger partial charge in [0.05, 0.1) is 5.97 Å². The Morgan fingerprint density at radius 3 is 2.09 bits per heavy atom. The van der Waals surface area contributed by atoms with Crippen LogP contribution in [0.2, 0.25) is 0 Å². The van der Waals surface area contributed by atoms with Gasteiger partial charge in [-0.25, -0.2) is 0 Å². The van der Waals surface area contributed by atoms with Crippen LogP contribution in [0.5, 0.6) is 0 Å². The SMILES string of the molecule is CCCC(C(=O)[O-])N(C)C.[NH4+]. The molecule has 0 fully saturated rings. The zero-order valence-electron chi connectivity index (χ0n) is 7.76. The smallest absolute Gasteiger partial charge is 0.0586 e. The first-order chi connectivity index (χ1) is 4.59. The highest BCUT2D eigenvalue weighted by Gasteiger charge is 2.09. The van der Waals surface area contributed by atoms with Crippen molar-refractivity contribution >= 4 is 5.97 Å². The maximum Gasteiger partial charge on any atom is 0.0586 e. The van der Waals surface area contributed by atoms with Gasteiger partial charge in [-0.15, -0.1) is 0 Å². The van der Waals surface area contributed by atoms with Crippen molar-refractivity contribution < 1.29 is 9.90 Å². The normalized spacial score (nSPS) is 12.4. The molecule has 11 heavy (non-hydrogen) atoms. The Bertz CT molecular complexity index is 115. The van der Waals surface area contributed by atoms with Gasteiger partial charge in [-0.1, -0.05) is 13.3 Å². The summed E-state index contributed by atoms with van der Waals surface area (Å²) in [5.74, 6) is -0.980. The van der Waals surface area contributed by atoms with Crippen LogP contribution < -0.4 is 11.3 Å². The summed E-state index contributed by atoms with van der Waals surface area (Å²) < 4.78 is 0. The fourth-order valence-electron chi connectivity index (χ4n) is 0.860. The Balaban J connectivity index is 0. The molecule has 4 heteroatoms. The lowest BCUT2D eigenvalue weighted by Gasteiger charge is -2.24. The predicted molar refractivity (Wildman–Crippen MR) is 43.4 cm³/mol. The monoisotopic (exact) mass is 162 g/mol. The van der Waals surface area contributed by atoms with E-state index in [1.807, 2.05) is 6.92 Å². The number of quaternary nitrogens is 1. The van der Waals surface area contributed by atoms with Crippen molar-refractivity contribution in [3.05, 3.63) is 0 Å². The molecule has 4 nitrogen and oxygen atoms in total. The molecule has 0 heterocycles. The van der Waals surface area contributed by atoms with Gasteiger partial charge in [-0.2, -0.15) is 0 Å². The van der Waals surface area contributed by atoms with Gasteiger partial charge in [0, 0.05) is 6.04 Å².